The highest BCUT2D eigenvalue weighted by atomic mass is 19.1. The van der Waals surface area contributed by atoms with Crippen molar-refractivity contribution in [2.75, 3.05) is 0 Å². The number of hydrogen-bond donors (Lipinski definition) is 1. The number of aliphatic hydroxyl groups is 1. The van der Waals surface area contributed by atoms with Crippen LogP contribution in [0.15, 0.2) is 0 Å². The van der Waals surface area contributed by atoms with Crippen molar-refractivity contribution in [1.82, 2.24) is 0 Å². The standard InChI is InChI=1S/C19H31FO/c1-18-9-7-13(20)11-12(18)3-4-14-15-5-6-17(21)19(15,2)10-8-16(14)18/h12-17,21H,3-11H2,1-2H3/t12-,13-,14?,15?,16?,17-,18?,19?/m0/s1. The first-order valence-corrected chi connectivity index (χ1v) is 9.27. The van der Waals surface area contributed by atoms with Gasteiger partial charge in [-0.2, -0.15) is 0 Å². The highest BCUT2D eigenvalue weighted by Crippen LogP contribution is 2.66. The summed E-state index contributed by atoms with van der Waals surface area (Å²) in [6.45, 7) is 4.83. The lowest BCUT2D eigenvalue weighted by Crippen LogP contribution is -2.54. The summed E-state index contributed by atoms with van der Waals surface area (Å²) in [5.41, 5.74) is 0.571. The topological polar surface area (TPSA) is 20.2 Å². The van der Waals surface area contributed by atoms with Crippen LogP contribution in [0.1, 0.15) is 71.6 Å². The number of halogens is 1. The summed E-state index contributed by atoms with van der Waals surface area (Å²) in [5, 5.41) is 10.5. The third-order valence-electron chi connectivity index (χ3n) is 8.55. The predicted octanol–water partition coefficient (Wildman–Crippen LogP) is 4.73. The van der Waals surface area contributed by atoms with E-state index in [4.69, 9.17) is 0 Å². The van der Waals surface area contributed by atoms with E-state index >= 15 is 0 Å². The predicted molar refractivity (Wildman–Crippen MR) is 82.6 cm³/mol. The van der Waals surface area contributed by atoms with Gasteiger partial charge >= 0.3 is 0 Å². The molecule has 8 atom stereocenters. The molecule has 4 rings (SSSR count). The molecule has 0 amide bonds. The lowest BCUT2D eigenvalue weighted by Gasteiger charge is -2.60. The molecule has 4 aliphatic carbocycles. The molecular weight excluding hydrogens is 263 g/mol. The molecule has 0 aromatic carbocycles. The van der Waals surface area contributed by atoms with Gasteiger partial charge < -0.3 is 5.11 Å². The minimum Gasteiger partial charge on any atom is -0.393 e. The maximum atomic E-state index is 13.8. The molecule has 4 aliphatic rings. The maximum Gasteiger partial charge on any atom is 0.100 e. The van der Waals surface area contributed by atoms with Crippen LogP contribution in [-0.4, -0.2) is 17.4 Å². The molecule has 0 aliphatic heterocycles. The van der Waals surface area contributed by atoms with Gasteiger partial charge in [-0.3, -0.25) is 0 Å². The quantitative estimate of drug-likeness (QED) is 0.685. The van der Waals surface area contributed by atoms with Crippen LogP contribution in [0.2, 0.25) is 0 Å². The van der Waals surface area contributed by atoms with Crippen LogP contribution in [0.3, 0.4) is 0 Å². The largest absolute Gasteiger partial charge is 0.393 e. The van der Waals surface area contributed by atoms with Crippen LogP contribution >= 0.6 is 0 Å². The first kappa shape index (κ1) is 14.5. The van der Waals surface area contributed by atoms with E-state index in [2.05, 4.69) is 13.8 Å². The molecule has 0 aromatic heterocycles. The molecule has 0 radical (unpaired) electrons. The van der Waals surface area contributed by atoms with Crippen molar-refractivity contribution in [2.45, 2.75) is 83.9 Å². The van der Waals surface area contributed by atoms with Crippen LogP contribution in [0.4, 0.5) is 4.39 Å². The first-order valence-electron chi connectivity index (χ1n) is 9.27. The molecule has 4 fully saturated rings. The van der Waals surface area contributed by atoms with Crippen molar-refractivity contribution >= 4 is 0 Å². The Kier molecular flexibility index (Phi) is 3.24. The molecule has 5 unspecified atom stereocenters. The van der Waals surface area contributed by atoms with Gasteiger partial charge in [0.05, 0.1) is 6.10 Å². The van der Waals surface area contributed by atoms with Crippen molar-refractivity contribution in [3.8, 4) is 0 Å². The van der Waals surface area contributed by atoms with E-state index in [1.165, 1.54) is 32.1 Å². The van der Waals surface area contributed by atoms with Gasteiger partial charge in [-0.05, 0) is 92.3 Å². The van der Waals surface area contributed by atoms with Crippen LogP contribution in [0.25, 0.3) is 0 Å². The molecule has 1 nitrogen and oxygen atoms in total. The maximum absolute atomic E-state index is 13.8. The molecule has 0 heterocycles. The second-order valence-corrected chi connectivity index (χ2v) is 9.17. The Bertz CT molecular complexity index is 424. The zero-order valence-electron chi connectivity index (χ0n) is 13.7. The number of aliphatic hydroxyl groups excluding tert-OH is 1. The summed E-state index contributed by atoms with van der Waals surface area (Å²) in [4.78, 5) is 0. The van der Waals surface area contributed by atoms with E-state index in [1.54, 1.807) is 0 Å². The lowest BCUT2D eigenvalue weighted by molar-refractivity contribution is -0.128. The smallest absolute Gasteiger partial charge is 0.100 e. The zero-order chi connectivity index (χ0) is 14.8. The molecule has 120 valence electrons. The fourth-order valence-corrected chi connectivity index (χ4v) is 7.18. The number of alkyl halides is 1. The lowest BCUT2D eigenvalue weighted by atomic mass is 9.45. The summed E-state index contributed by atoms with van der Waals surface area (Å²) in [7, 11) is 0. The van der Waals surface area contributed by atoms with E-state index in [0.717, 1.165) is 43.4 Å². The average molecular weight is 294 g/mol. The third kappa shape index (κ3) is 1.90. The summed E-state index contributed by atoms with van der Waals surface area (Å²) < 4.78 is 13.8. The SMILES string of the molecule is CC12CC[C@H](F)C[C@@H]1CCC1C2CCC2(C)C1CC[C@@H]2O. The summed E-state index contributed by atoms with van der Waals surface area (Å²) in [6, 6.07) is 0. The highest BCUT2D eigenvalue weighted by molar-refractivity contribution is 5.09. The Morgan fingerprint density at radius 3 is 2.38 bits per heavy atom. The van der Waals surface area contributed by atoms with E-state index in [9.17, 15) is 9.50 Å². The van der Waals surface area contributed by atoms with Crippen LogP contribution in [0.5, 0.6) is 0 Å². The Hall–Kier alpha value is -0.110. The highest BCUT2D eigenvalue weighted by Gasteiger charge is 2.60. The van der Waals surface area contributed by atoms with Gasteiger partial charge in [0, 0.05) is 0 Å². The Labute approximate surface area is 128 Å². The third-order valence-corrected chi connectivity index (χ3v) is 8.55. The Morgan fingerprint density at radius 1 is 0.857 bits per heavy atom. The van der Waals surface area contributed by atoms with Crippen molar-refractivity contribution in [1.29, 1.82) is 0 Å². The Balaban J connectivity index is 1.62. The zero-order valence-corrected chi connectivity index (χ0v) is 13.7. The molecule has 0 spiro atoms. The second kappa shape index (κ2) is 4.69. The fraction of sp³-hybridized carbons (Fsp3) is 1.00. The summed E-state index contributed by atoms with van der Waals surface area (Å²) in [5.74, 6) is 2.95. The molecular formula is C19H31FO. The molecule has 1 N–H and O–H groups in total. The molecule has 21 heavy (non-hydrogen) atoms. The fourth-order valence-electron chi connectivity index (χ4n) is 7.18. The van der Waals surface area contributed by atoms with Gasteiger partial charge in [-0.15, -0.1) is 0 Å². The number of fused-ring (bicyclic) bond motifs is 5. The number of hydrogen-bond acceptors (Lipinski definition) is 1. The van der Waals surface area contributed by atoms with Gasteiger partial charge in [0.15, 0.2) is 0 Å². The molecule has 0 saturated heterocycles. The summed E-state index contributed by atoms with van der Waals surface area (Å²) in [6.07, 6.45) is 9.35. The van der Waals surface area contributed by atoms with Crippen LogP contribution in [-0.2, 0) is 0 Å². The molecule has 0 aromatic rings. The average Bonchev–Trinajstić information content (AvgIpc) is 2.76. The minimum atomic E-state index is -0.540. The van der Waals surface area contributed by atoms with Gasteiger partial charge in [0.1, 0.15) is 6.17 Å². The molecule has 2 heteroatoms. The van der Waals surface area contributed by atoms with Gasteiger partial charge in [-0.1, -0.05) is 13.8 Å². The molecule has 0 bridgehead atoms. The van der Waals surface area contributed by atoms with Gasteiger partial charge in [-0.25, -0.2) is 4.39 Å². The number of rotatable bonds is 0. The van der Waals surface area contributed by atoms with Crippen LogP contribution < -0.4 is 0 Å². The van der Waals surface area contributed by atoms with Crippen molar-refractivity contribution in [2.24, 2.45) is 34.5 Å². The van der Waals surface area contributed by atoms with E-state index in [1.807, 2.05) is 0 Å². The van der Waals surface area contributed by atoms with Gasteiger partial charge in [0.2, 0.25) is 0 Å². The second-order valence-electron chi connectivity index (χ2n) is 9.17. The summed E-state index contributed by atoms with van der Waals surface area (Å²) >= 11 is 0. The molecule has 4 saturated carbocycles. The van der Waals surface area contributed by atoms with Crippen molar-refractivity contribution < 1.29 is 9.50 Å². The first-order chi connectivity index (χ1) is 9.95. The normalized spacial score (nSPS) is 60.0. The van der Waals surface area contributed by atoms with E-state index in [-0.39, 0.29) is 11.5 Å². The van der Waals surface area contributed by atoms with Gasteiger partial charge in [0.25, 0.3) is 0 Å². The monoisotopic (exact) mass is 294 g/mol. The van der Waals surface area contributed by atoms with Crippen molar-refractivity contribution in [3.05, 3.63) is 0 Å². The van der Waals surface area contributed by atoms with Crippen LogP contribution in [0, 0.1) is 34.5 Å². The Morgan fingerprint density at radius 2 is 1.57 bits per heavy atom. The van der Waals surface area contributed by atoms with E-state index in [0.29, 0.717) is 11.3 Å². The van der Waals surface area contributed by atoms with Crippen molar-refractivity contribution in [3.63, 3.8) is 0 Å². The minimum absolute atomic E-state index is 0.0736. The van der Waals surface area contributed by atoms with E-state index < -0.39 is 6.17 Å².